The first kappa shape index (κ1) is 9.36. The second kappa shape index (κ2) is 3.18. The largest absolute Gasteiger partial charge is 0.392 e. The van der Waals surface area contributed by atoms with Crippen LogP contribution < -0.4 is 0 Å². The molecule has 2 aliphatic heterocycles. The molecule has 76 valence electrons. The molecule has 2 heterocycles. The van der Waals surface area contributed by atoms with Crippen molar-refractivity contribution in [3.8, 4) is 0 Å². The third-order valence-corrected chi connectivity index (χ3v) is 2.99. The van der Waals surface area contributed by atoms with Gasteiger partial charge < -0.3 is 20.4 Å². The summed E-state index contributed by atoms with van der Waals surface area (Å²) in [7, 11) is 0. The van der Waals surface area contributed by atoms with Crippen molar-refractivity contribution in [2.45, 2.75) is 36.9 Å². The number of rotatable bonds is 0. The van der Waals surface area contributed by atoms with Gasteiger partial charge in [-0.25, -0.2) is 0 Å². The fourth-order valence-electron chi connectivity index (χ4n) is 2.28. The molecule has 0 aromatic rings. The Kier molecular flexibility index (Phi) is 2.29. The molecule has 0 bridgehead atoms. The molecule has 2 fully saturated rings. The van der Waals surface area contributed by atoms with Crippen LogP contribution in [0.5, 0.6) is 0 Å². The monoisotopic (exact) mass is 189 g/mol. The van der Waals surface area contributed by atoms with E-state index in [4.69, 9.17) is 0 Å². The predicted octanol–water partition coefficient (Wildman–Crippen LogP) is -2.48. The van der Waals surface area contributed by atoms with E-state index in [9.17, 15) is 20.4 Å². The van der Waals surface area contributed by atoms with E-state index in [1.165, 1.54) is 0 Å². The lowest BCUT2D eigenvalue weighted by molar-refractivity contribution is -0.127. The number of aliphatic hydroxyl groups is 4. The second-order valence-electron chi connectivity index (χ2n) is 3.96. The number of piperidine rings is 1. The summed E-state index contributed by atoms with van der Waals surface area (Å²) in [6, 6.07) is -0.201. The number of hydrogen-bond acceptors (Lipinski definition) is 5. The van der Waals surface area contributed by atoms with Crippen LogP contribution in [0.1, 0.15) is 6.42 Å². The van der Waals surface area contributed by atoms with Crippen molar-refractivity contribution in [2.24, 2.45) is 0 Å². The average molecular weight is 189 g/mol. The second-order valence-corrected chi connectivity index (χ2v) is 3.96. The maximum absolute atomic E-state index is 9.57. The Hall–Kier alpha value is -0.200. The molecule has 0 unspecified atom stereocenters. The van der Waals surface area contributed by atoms with Gasteiger partial charge in [-0.3, -0.25) is 4.90 Å². The summed E-state index contributed by atoms with van der Waals surface area (Å²) in [5, 5.41) is 37.6. The lowest BCUT2D eigenvalue weighted by Crippen LogP contribution is -2.58. The van der Waals surface area contributed by atoms with E-state index >= 15 is 0 Å². The Balaban J connectivity index is 2.11. The van der Waals surface area contributed by atoms with Crippen molar-refractivity contribution >= 4 is 0 Å². The molecule has 0 aromatic heterocycles. The number of aliphatic hydroxyl groups excluding tert-OH is 4. The Morgan fingerprint density at radius 1 is 0.923 bits per heavy atom. The highest BCUT2D eigenvalue weighted by Gasteiger charge is 2.45. The highest BCUT2D eigenvalue weighted by Crippen LogP contribution is 2.27. The van der Waals surface area contributed by atoms with Crippen LogP contribution >= 0.6 is 0 Å². The van der Waals surface area contributed by atoms with Gasteiger partial charge in [-0.1, -0.05) is 0 Å². The number of fused-ring (bicyclic) bond motifs is 1. The van der Waals surface area contributed by atoms with Gasteiger partial charge in [-0.15, -0.1) is 0 Å². The fourth-order valence-corrected chi connectivity index (χ4v) is 2.28. The van der Waals surface area contributed by atoms with E-state index in [0.29, 0.717) is 19.5 Å². The van der Waals surface area contributed by atoms with Crippen LogP contribution in [0, 0.1) is 0 Å². The van der Waals surface area contributed by atoms with Crippen molar-refractivity contribution in [3.05, 3.63) is 0 Å². The summed E-state index contributed by atoms with van der Waals surface area (Å²) >= 11 is 0. The van der Waals surface area contributed by atoms with Gasteiger partial charge >= 0.3 is 0 Å². The standard InChI is InChI=1S/C8H15NO4/c10-4-1-5-7(12)8(13)6(11)3-9(5)2-4/h4-8,10-13H,1-3H2/t4-,5-,6-,7+,8-/m0/s1. The fraction of sp³-hybridized carbons (Fsp3) is 1.00. The molecule has 0 aliphatic carbocycles. The zero-order valence-corrected chi connectivity index (χ0v) is 7.24. The molecule has 2 aliphatic rings. The third-order valence-electron chi connectivity index (χ3n) is 2.99. The summed E-state index contributed by atoms with van der Waals surface area (Å²) in [6.45, 7) is 0.811. The van der Waals surface area contributed by atoms with Gasteiger partial charge in [0.05, 0.1) is 18.3 Å². The van der Waals surface area contributed by atoms with Crippen LogP contribution in [0.2, 0.25) is 0 Å². The minimum absolute atomic E-state index is 0.201. The van der Waals surface area contributed by atoms with Gasteiger partial charge in [0.15, 0.2) is 0 Å². The molecule has 0 saturated carbocycles. The molecular weight excluding hydrogens is 174 g/mol. The number of nitrogens with zero attached hydrogens (tertiary/aromatic N) is 1. The normalized spacial score (nSPS) is 52.2. The van der Waals surface area contributed by atoms with Crippen LogP contribution in [-0.2, 0) is 0 Å². The first-order chi connectivity index (χ1) is 6.09. The molecule has 13 heavy (non-hydrogen) atoms. The maximum Gasteiger partial charge on any atom is 0.108 e. The SMILES string of the molecule is O[C@H]1C[C@H]2[C@@H](O)[C@@H](O)[C@@H](O)CN2C1. The van der Waals surface area contributed by atoms with Gasteiger partial charge in [-0.2, -0.15) is 0 Å². The summed E-state index contributed by atoms with van der Waals surface area (Å²) < 4.78 is 0. The van der Waals surface area contributed by atoms with Crippen molar-refractivity contribution < 1.29 is 20.4 Å². The van der Waals surface area contributed by atoms with Gasteiger partial charge in [0, 0.05) is 19.1 Å². The molecular formula is C8H15NO4. The highest BCUT2D eigenvalue weighted by molar-refractivity contribution is 4.99. The van der Waals surface area contributed by atoms with Crippen molar-refractivity contribution in [1.82, 2.24) is 4.90 Å². The van der Waals surface area contributed by atoms with E-state index in [0.717, 1.165) is 0 Å². The highest BCUT2D eigenvalue weighted by atomic mass is 16.4. The smallest absolute Gasteiger partial charge is 0.108 e. The minimum atomic E-state index is -1.08. The van der Waals surface area contributed by atoms with Crippen LogP contribution in [0.4, 0.5) is 0 Å². The maximum atomic E-state index is 9.57. The Morgan fingerprint density at radius 3 is 2.31 bits per heavy atom. The van der Waals surface area contributed by atoms with E-state index in [-0.39, 0.29) is 6.04 Å². The Bertz CT molecular complexity index is 199. The molecule has 2 saturated heterocycles. The Morgan fingerprint density at radius 2 is 1.62 bits per heavy atom. The molecule has 0 amide bonds. The van der Waals surface area contributed by atoms with Crippen molar-refractivity contribution in [2.75, 3.05) is 13.1 Å². The Labute approximate surface area is 76.2 Å². The van der Waals surface area contributed by atoms with E-state index < -0.39 is 24.4 Å². The lowest BCUT2D eigenvalue weighted by atomic mass is 9.94. The van der Waals surface area contributed by atoms with E-state index in [2.05, 4.69) is 0 Å². The van der Waals surface area contributed by atoms with Gasteiger partial charge in [0.25, 0.3) is 0 Å². The first-order valence-electron chi connectivity index (χ1n) is 4.56. The van der Waals surface area contributed by atoms with E-state index in [1.807, 2.05) is 4.90 Å². The third kappa shape index (κ3) is 1.47. The molecule has 0 aromatic carbocycles. The molecule has 2 rings (SSSR count). The van der Waals surface area contributed by atoms with Crippen molar-refractivity contribution in [3.63, 3.8) is 0 Å². The van der Waals surface area contributed by atoms with Gasteiger partial charge in [0.2, 0.25) is 0 Å². The zero-order chi connectivity index (χ0) is 9.59. The quantitative estimate of drug-likeness (QED) is 0.339. The van der Waals surface area contributed by atoms with Gasteiger partial charge in [-0.05, 0) is 6.42 Å². The molecule has 0 radical (unpaired) electrons. The van der Waals surface area contributed by atoms with Crippen LogP contribution in [0.3, 0.4) is 0 Å². The molecule has 5 heteroatoms. The average Bonchev–Trinajstić information content (AvgIpc) is 2.42. The topological polar surface area (TPSA) is 84.2 Å². The summed E-state index contributed by atoms with van der Waals surface area (Å²) in [4.78, 5) is 1.83. The minimum Gasteiger partial charge on any atom is -0.392 e. The lowest BCUT2D eigenvalue weighted by Gasteiger charge is -2.39. The zero-order valence-electron chi connectivity index (χ0n) is 7.24. The molecule has 0 spiro atoms. The van der Waals surface area contributed by atoms with Crippen molar-refractivity contribution in [1.29, 1.82) is 0 Å². The van der Waals surface area contributed by atoms with Crippen LogP contribution in [0.15, 0.2) is 0 Å². The predicted molar refractivity (Wildman–Crippen MR) is 44.0 cm³/mol. The van der Waals surface area contributed by atoms with Crippen LogP contribution in [0.25, 0.3) is 0 Å². The molecule has 5 atom stereocenters. The molecule has 5 nitrogen and oxygen atoms in total. The van der Waals surface area contributed by atoms with Crippen LogP contribution in [-0.4, -0.2) is 68.9 Å². The molecule has 4 N–H and O–H groups in total. The first-order valence-corrected chi connectivity index (χ1v) is 4.56. The van der Waals surface area contributed by atoms with Gasteiger partial charge in [0.1, 0.15) is 6.10 Å². The summed E-state index contributed by atoms with van der Waals surface area (Å²) in [6.07, 6.45) is -2.90. The number of hydrogen-bond donors (Lipinski definition) is 4. The summed E-state index contributed by atoms with van der Waals surface area (Å²) in [5.41, 5.74) is 0. The van der Waals surface area contributed by atoms with E-state index in [1.54, 1.807) is 0 Å². The summed E-state index contributed by atoms with van der Waals surface area (Å²) in [5.74, 6) is 0.